The van der Waals surface area contributed by atoms with E-state index in [9.17, 15) is 4.79 Å². The van der Waals surface area contributed by atoms with E-state index in [0.29, 0.717) is 11.5 Å². The molecule has 0 heterocycles. The zero-order valence-corrected chi connectivity index (χ0v) is 10.3. The maximum Gasteiger partial charge on any atom is 0.157 e. The second-order valence-corrected chi connectivity index (χ2v) is 4.19. The summed E-state index contributed by atoms with van der Waals surface area (Å²) in [6.07, 6.45) is 5.31. The van der Waals surface area contributed by atoms with Crippen LogP contribution in [0.25, 0.3) is 5.03 Å². The van der Waals surface area contributed by atoms with E-state index in [1.807, 2.05) is 30.3 Å². The van der Waals surface area contributed by atoms with E-state index in [4.69, 9.17) is 11.6 Å². The molecule has 0 aliphatic heterocycles. The molecule has 0 saturated carbocycles. The molecule has 0 aliphatic carbocycles. The summed E-state index contributed by atoms with van der Waals surface area (Å²) in [5.41, 5.74) is 0.896. The summed E-state index contributed by atoms with van der Waals surface area (Å²) in [5, 5.41) is 0.530. The summed E-state index contributed by atoms with van der Waals surface area (Å²) < 4.78 is 0. The van der Waals surface area contributed by atoms with Gasteiger partial charge in [-0.3, -0.25) is 4.79 Å². The quantitative estimate of drug-likeness (QED) is 0.528. The summed E-state index contributed by atoms with van der Waals surface area (Å²) >= 11 is 6.05. The molecule has 2 heteroatoms. The van der Waals surface area contributed by atoms with Gasteiger partial charge in [0.15, 0.2) is 5.78 Å². The van der Waals surface area contributed by atoms with Crippen molar-refractivity contribution in [3.63, 3.8) is 0 Å². The molecule has 0 radical (unpaired) electrons. The van der Waals surface area contributed by atoms with Crippen LogP contribution < -0.4 is 0 Å². The molecule has 0 fully saturated rings. The van der Waals surface area contributed by atoms with Gasteiger partial charge in [0, 0.05) is 12.5 Å². The van der Waals surface area contributed by atoms with Crippen molar-refractivity contribution in [1.82, 2.24) is 0 Å². The van der Waals surface area contributed by atoms with E-state index in [0.717, 1.165) is 24.8 Å². The van der Waals surface area contributed by atoms with Crippen LogP contribution in [0.1, 0.15) is 38.2 Å². The smallest absolute Gasteiger partial charge is 0.157 e. The van der Waals surface area contributed by atoms with Crippen LogP contribution in [0.3, 0.4) is 0 Å². The van der Waals surface area contributed by atoms with Gasteiger partial charge in [-0.25, -0.2) is 0 Å². The average Bonchev–Trinajstić information content (AvgIpc) is 2.30. The minimum absolute atomic E-state index is 0.113. The highest BCUT2D eigenvalue weighted by Crippen LogP contribution is 2.18. The molecule has 0 bridgehead atoms. The van der Waals surface area contributed by atoms with Crippen molar-refractivity contribution in [3.05, 3.63) is 42.0 Å². The highest BCUT2D eigenvalue weighted by molar-refractivity contribution is 6.50. The fraction of sp³-hybridized carbons (Fsp3) is 0.357. The summed E-state index contributed by atoms with van der Waals surface area (Å²) in [7, 11) is 0. The van der Waals surface area contributed by atoms with Crippen LogP contribution in [0.2, 0.25) is 0 Å². The second-order valence-electron chi connectivity index (χ2n) is 3.78. The Bertz CT molecular complexity index is 354. The summed E-state index contributed by atoms with van der Waals surface area (Å²) in [6, 6.07) is 9.55. The molecule has 1 rings (SSSR count). The van der Waals surface area contributed by atoms with Crippen molar-refractivity contribution >= 4 is 22.4 Å². The molecule has 1 aromatic carbocycles. The maximum absolute atomic E-state index is 11.5. The van der Waals surface area contributed by atoms with E-state index < -0.39 is 0 Å². The van der Waals surface area contributed by atoms with Crippen molar-refractivity contribution in [1.29, 1.82) is 0 Å². The minimum atomic E-state index is 0.113. The Morgan fingerprint density at radius 2 is 1.94 bits per heavy atom. The van der Waals surface area contributed by atoms with E-state index in [1.54, 1.807) is 0 Å². The van der Waals surface area contributed by atoms with Gasteiger partial charge in [0.05, 0.1) is 5.03 Å². The standard InChI is InChI=1S/C14H17ClO/c1-2-3-5-10-13(16)11-14(15)12-8-6-4-7-9-12/h4,6-9,11H,2-3,5,10H2,1H3/b14-11-. The Morgan fingerprint density at radius 3 is 2.56 bits per heavy atom. The molecule has 0 spiro atoms. The Labute approximate surface area is 102 Å². The number of halogens is 1. The molecule has 0 unspecified atom stereocenters. The minimum Gasteiger partial charge on any atom is -0.295 e. The topological polar surface area (TPSA) is 17.1 Å². The fourth-order valence-electron chi connectivity index (χ4n) is 1.44. The molecule has 1 aromatic rings. The van der Waals surface area contributed by atoms with Gasteiger partial charge in [-0.05, 0) is 12.0 Å². The summed E-state index contributed by atoms with van der Waals surface area (Å²) in [5.74, 6) is 0.113. The van der Waals surface area contributed by atoms with Crippen LogP contribution in [0.4, 0.5) is 0 Å². The normalized spacial score (nSPS) is 11.5. The fourth-order valence-corrected chi connectivity index (χ4v) is 1.69. The van der Waals surface area contributed by atoms with Gasteiger partial charge >= 0.3 is 0 Å². The largest absolute Gasteiger partial charge is 0.295 e. The van der Waals surface area contributed by atoms with Crippen LogP contribution in [0.5, 0.6) is 0 Å². The molecule has 0 saturated heterocycles. The first kappa shape index (κ1) is 13.0. The predicted octanol–water partition coefficient (Wildman–Crippen LogP) is 4.42. The van der Waals surface area contributed by atoms with E-state index >= 15 is 0 Å². The zero-order chi connectivity index (χ0) is 11.8. The summed E-state index contributed by atoms with van der Waals surface area (Å²) in [6.45, 7) is 2.12. The molecular weight excluding hydrogens is 220 g/mol. The van der Waals surface area contributed by atoms with Gasteiger partial charge in [-0.2, -0.15) is 0 Å². The van der Waals surface area contributed by atoms with Crippen molar-refractivity contribution in [2.24, 2.45) is 0 Å². The number of carbonyl (C=O) groups is 1. The van der Waals surface area contributed by atoms with Gasteiger partial charge in [0.25, 0.3) is 0 Å². The van der Waals surface area contributed by atoms with Gasteiger partial charge in [0.2, 0.25) is 0 Å². The first-order valence-electron chi connectivity index (χ1n) is 5.69. The number of ketones is 1. The number of allylic oxidation sites excluding steroid dienone is 1. The van der Waals surface area contributed by atoms with Crippen molar-refractivity contribution in [2.45, 2.75) is 32.6 Å². The number of carbonyl (C=O) groups excluding carboxylic acids is 1. The first-order chi connectivity index (χ1) is 7.74. The van der Waals surface area contributed by atoms with Crippen LogP contribution >= 0.6 is 11.6 Å². The average molecular weight is 237 g/mol. The number of rotatable bonds is 6. The Balaban J connectivity index is 2.53. The lowest BCUT2D eigenvalue weighted by molar-refractivity contribution is -0.114. The highest BCUT2D eigenvalue weighted by atomic mass is 35.5. The third kappa shape index (κ3) is 4.63. The van der Waals surface area contributed by atoms with Crippen LogP contribution in [-0.4, -0.2) is 5.78 Å². The monoisotopic (exact) mass is 236 g/mol. The van der Waals surface area contributed by atoms with Crippen molar-refractivity contribution in [2.75, 3.05) is 0 Å². The molecule has 0 amide bonds. The molecule has 16 heavy (non-hydrogen) atoms. The number of benzene rings is 1. The third-order valence-corrected chi connectivity index (χ3v) is 2.69. The number of hydrogen-bond donors (Lipinski definition) is 0. The van der Waals surface area contributed by atoms with Gasteiger partial charge in [-0.15, -0.1) is 0 Å². The molecule has 1 nitrogen and oxygen atoms in total. The van der Waals surface area contributed by atoms with E-state index in [1.165, 1.54) is 6.08 Å². The zero-order valence-electron chi connectivity index (χ0n) is 9.58. The van der Waals surface area contributed by atoms with E-state index in [-0.39, 0.29) is 5.78 Å². The van der Waals surface area contributed by atoms with Crippen LogP contribution in [-0.2, 0) is 4.79 Å². The molecule has 0 N–H and O–H groups in total. The van der Waals surface area contributed by atoms with Gasteiger partial charge in [0.1, 0.15) is 0 Å². The van der Waals surface area contributed by atoms with Crippen LogP contribution in [0, 0.1) is 0 Å². The Morgan fingerprint density at radius 1 is 1.25 bits per heavy atom. The molecular formula is C14H17ClO. The predicted molar refractivity (Wildman–Crippen MR) is 69.4 cm³/mol. The third-order valence-electron chi connectivity index (χ3n) is 2.36. The molecule has 0 aliphatic rings. The van der Waals surface area contributed by atoms with Gasteiger partial charge < -0.3 is 0 Å². The lowest BCUT2D eigenvalue weighted by Gasteiger charge is -1.99. The lowest BCUT2D eigenvalue weighted by Crippen LogP contribution is -1.93. The molecule has 86 valence electrons. The maximum atomic E-state index is 11.5. The molecule has 0 atom stereocenters. The Hall–Kier alpha value is -1.08. The first-order valence-corrected chi connectivity index (χ1v) is 6.07. The van der Waals surface area contributed by atoms with Crippen LogP contribution in [0.15, 0.2) is 36.4 Å². The van der Waals surface area contributed by atoms with Crippen molar-refractivity contribution < 1.29 is 4.79 Å². The second kappa shape index (κ2) is 7.24. The van der Waals surface area contributed by atoms with E-state index in [2.05, 4.69) is 6.92 Å². The van der Waals surface area contributed by atoms with Crippen molar-refractivity contribution in [3.8, 4) is 0 Å². The number of unbranched alkanes of at least 4 members (excludes halogenated alkanes) is 2. The molecule has 0 aromatic heterocycles. The lowest BCUT2D eigenvalue weighted by atomic mass is 10.1. The van der Waals surface area contributed by atoms with Gasteiger partial charge in [-0.1, -0.05) is 61.7 Å². The summed E-state index contributed by atoms with van der Waals surface area (Å²) in [4.78, 5) is 11.5. The number of hydrogen-bond acceptors (Lipinski definition) is 1. The Kier molecular flexibility index (Phi) is 5.87. The SMILES string of the molecule is CCCCCC(=O)/C=C(\Cl)c1ccccc1. The highest BCUT2D eigenvalue weighted by Gasteiger charge is 2.01.